The number of carbonyl (C=O) groups is 1. The average molecular weight is 410 g/mol. The van der Waals surface area contributed by atoms with Crippen LogP contribution in [0.15, 0.2) is 52.5 Å². The van der Waals surface area contributed by atoms with Crippen LogP contribution in [-0.2, 0) is 10.0 Å². The van der Waals surface area contributed by atoms with Crippen LogP contribution >= 0.6 is 11.6 Å². The van der Waals surface area contributed by atoms with Crippen molar-refractivity contribution in [2.45, 2.75) is 25.2 Å². The molecule has 7 nitrogen and oxygen atoms in total. The quantitative estimate of drug-likeness (QED) is 0.456. The lowest BCUT2D eigenvalue weighted by Crippen LogP contribution is -2.24. The molecule has 0 unspecified atom stereocenters. The van der Waals surface area contributed by atoms with Gasteiger partial charge in [-0.25, -0.2) is 17.9 Å². The summed E-state index contributed by atoms with van der Waals surface area (Å²) in [6.45, 7) is 4.00. The van der Waals surface area contributed by atoms with Crippen LogP contribution in [0.3, 0.4) is 0 Å². The average Bonchev–Trinajstić information content (AvgIpc) is 2.65. The fraction of sp³-hybridized carbons (Fsp3) is 0.222. The van der Waals surface area contributed by atoms with E-state index in [0.717, 1.165) is 0 Å². The summed E-state index contributed by atoms with van der Waals surface area (Å²) in [5, 5.41) is 13.6. The Balaban J connectivity index is 2.17. The maximum atomic E-state index is 12.1. The van der Waals surface area contributed by atoms with Gasteiger partial charge in [0.2, 0.25) is 10.0 Å². The molecule has 0 radical (unpaired) electrons. The van der Waals surface area contributed by atoms with E-state index in [1.807, 2.05) is 6.92 Å². The third kappa shape index (κ3) is 5.53. The Morgan fingerprint density at radius 3 is 2.37 bits per heavy atom. The zero-order chi connectivity index (χ0) is 20.0. The molecule has 9 heteroatoms. The van der Waals surface area contributed by atoms with Gasteiger partial charge in [-0.3, -0.25) is 5.43 Å². The van der Waals surface area contributed by atoms with Gasteiger partial charge in [0.05, 0.1) is 26.9 Å². The van der Waals surface area contributed by atoms with E-state index in [4.69, 9.17) is 16.7 Å². The number of sulfonamides is 1. The lowest BCUT2D eigenvalue weighted by Gasteiger charge is -2.08. The number of hydrogen-bond acceptors (Lipinski definition) is 5. The SMILES string of the molecule is CCCNS(=O)(=O)c1ccc(/C(C)=N\Nc2cc(C(=O)O)ccc2Cl)cc1. The molecule has 0 spiro atoms. The molecule has 0 aliphatic carbocycles. The fourth-order valence-corrected chi connectivity index (χ4v) is 3.44. The topological polar surface area (TPSA) is 108 Å². The smallest absolute Gasteiger partial charge is 0.335 e. The molecule has 144 valence electrons. The highest BCUT2D eigenvalue weighted by Gasteiger charge is 2.13. The molecular weight excluding hydrogens is 390 g/mol. The highest BCUT2D eigenvalue weighted by atomic mass is 35.5. The van der Waals surface area contributed by atoms with Gasteiger partial charge in [0.1, 0.15) is 0 Å². The van der Waals surface area contributed by atoms with Crippen LogP contribution in [0.4, 0.5) is 5.69 Å². The lowest BCUT2D eigenvalue weighted by atomic mass is 10.1. The molecule has 0 amide bonds. The molecule has 0 bridgehead atoms. The Morgan fingerprint density at radius 1 is 1.15 bits per heavy atom. The fourth-order valence-electron chi connectivity index (χ4n) is 2.15. The zero-order valence-electron chi connectivity index (χ0n) is 14.9. The molecule has 0 aliphatic rings. The summed E-state index contributed by atoms with van der Waals surface area (Å²) in [7, 11) is -3.52. The van der Waals surface area contributed by atoms with E-state index in [9.17, 15) is 13.2 Å². The van der Waals surface area contributed by atoms with Crippen molar-refractivity contribution in [1.82, 2.24) is 4.72 Å². The first-order valence-corrected chi connectivity index (χ1v) is 10.0. The molecule has 0 saturated carbocycles. The summed E-state index contributed by atoms with van der Waals surface area (Å²) in [6, 6.07) is 10.6. The highest BCUT2D eigenvalue weighted by molar-refractivity contribution is 7.89. The Morgan fingerprint density at radius 2 is 1.78 bits per heavy atom. The van der Waals surface area contributed by atoms with Crippen LogP contribution < -0.4 is 10.1 Å². The molecule has 27 heavy (non-hydrogen) atoms. The van der Waals surface area contributed by atoms with E-state index in [0.29, 0.717) is 35.0 Å². The number of rotatable bonds is 8. The molecule has 3 N–H and O–H groups in total. The van der Waals surface area contributed by atoms with Gasteiger partial charge in [0, 0.05) is 6.54 Å². The van der Waals surface area contributed by atoms with Gasteiger partial charge in [0.25, 0.3) is 0 Å². The minimum atomic E-state index is -3.52. The number of carboxylic acid groups (broad SMARTS) is 1. The van der Waals surface area contributed by atoms with Crippen LogP contribution in [0, 0.1) is 0 Å². The Labute approximate surface area is 163 Å². The van der Waals surface area contributed by atoms with Crippen LogP contribution in [0.25, 0.3) is 0 Å². The number of hydrogen-bond donors (Lipinski definition) is 3. The highest BCUT2D eigenvalue weighted by Crippen LogP contribution is 2.23. The number of carboxylic acids is 1. The molecule has 0 heterocycles. The zero-order valence-corrected chi connectivity index (χ0v) is 16.4. The number of nitrogens with one attached hydrogen (secondary N) is 2. The molecule has 0 fully saturated rings. The van der Waals surface area contributed by atoms with Gasteiger partial charge in [-0.05, 0) is 49.2 Å². The summed E-state index contributed by atoms with van der Waals surface area (Å²) in [6.07, 6.45) is 0.709. The van der Waals surface area contributed by atoms with Crippen molar-refractivity contribution in [3.8, 4) is 0 Å². The van der Waals surface area contributed by atoms with Crippen LogP contribution in [-0.4, -0.2) is 31.8 Å². The maximum absolute atomic E-state index is 12.1. The first kappa shape index (κ1) is 20.9. The number of anilines is 1. The number of benzene rings is 2. The van der Waals surface area contributed by atoms with Crippen molar-refractivity contribution in [3.63, 3.8) is 0 Å². The Kier molecular flexibility index (Phi) is 6.95. The molecule has 0 saturated heterocycles. The second-order valence-corrected chi connectivity index (χ2v) is 7.91. The van der Waals surface area contributed by atoms with Gasteiger partial charge in [-0.1, -0.05) is 30.7 Å². The lowest BCUT2D eigenvalue weighted by molar-refractivity contribution is 0.0697. The van der Waals surface area contributed by atoms with Gasteiger partial charge in [-0.2, -0.15) is 5.10 Å². The van der Waals surface area contributed by atoms with Crippen molar-refractivity contribution in [2.24, 2.45) is 5.10 Å². The van der Waals surface area contributed by atoms with Crippen molar-refractivity contribution in [1.29, 1.82) is 0 Å². The third-order valence-corrected chi connectivity index (χ3v) is 5.49. The van der Waals surface area contributed by atoms with Gasteiger partial charge >= 0.3 is 5.97 Å². The van der Waals surface area contributed by atoms with Gasteiger partial charge < -0.3 is 5.11 Å². The van der Waals surface area contributed by atoms with Crippen LogP contribution in [0.1, 0.15) is 36.2 Å². The van der Waals surface area contributed by atoms with E-state index in [-0.39, 0.29) is 10.5 Å². The largest absolute Gasteiger partial charge is 0.478 e. The van der Waals surface area contributed by atoms with E-state index >= 15 is 0 Å². The first-order chi connectivity index (χ1) is 12.7. The molecular formula is C18H20ClN3O4S. The van der Waals surface area contributed by atoms with E-state index in [1.54, 1.807) is 19.1 Å². The normalized spacial score (nSPS) is 12.0. The minimum absolute atomic E-state index is 0.0869. The van der Waals surface area contributed by atoms with Crippen LogP contribution in [0.5, 0.6) is 0 Å². The first-order valence-electron chi connectivity index (χ1n) is 8.18. The predicted octanol–water partition coefficient (Wildman–Crippen LogP) is 3.56. The summed E-state index contributed by atoms with van der Waals surface area (Å²) >= 11 is 6.04. The Hall–Kier alpha value is -2.42. The Bertz CT molecular complexity index is 957. The number of hydrazone groups is 1. The van der Waals surface area contributed by atoms with Gasteiger partial charge in [-0.15, -0.1) is 0 Å². The van der Waals surface area contributed by atoms with Crippen molar-refractivity contribution in [2.75, 3.05) is 12.0 Å². The minimum Gasteiger partial charge on any atom is -0.478 e. The summed E-state index contributed by atoms with van der Waals surface area (Å²) in [4.78, 5) is 11.2. The molecule has 2 aromatic rings. The molecule has 0 aromatic heterocycles. The molecule has 2 aromatic carbocycles. The molecule has 0 atom stereocenters. The van der Waals surface area contributed by atoms with Crippen molar-refractivity contribution < 1.29 is 18.3 Å². The monoisotopic (exact) mass is 409 g/mol. The second-order valence-electron chi connectivity index (χ2n) is 5.73. The predicted molar refractivity (Wildman–Crippen MR) is 106 cm³/mol. The molecule has 0 aliphatic heterocycles. The van der Waals surface area contributed by atoms with E-state index in [1.165, 1.54) is 30.3 Å². The van der Waals surface area contributed by atoms with E-state index in [2.05, 4.69) is 15.2 Å². The van der Waals surface area contributed by atoms with Crippen molar-refractivity contribution >= 4 is 39.0 Å². The van der Waals surface area contributed by atoms with E-state index < -0.39 is 16.0 Å². The summed E-state index contributed by atoms with van der Waals surface area (Å²) in [5.41, 5.74) is 4.48. The van der Waals surface area contributed by atoms with Crippen molar-refractivity contribution in [3.05, 3.63) is 58.6 Å². The molecule has 2 rings (SSSR count). The number of aromatic carboxylic acids is 1. The summed E-state index contributed by atoms with van der Waals surface area (Å²) < 4.78 is 26.7. The summed E-state index contributed by atoms with van der Waals surface area (Å²) in [5.74, 6) is -1.07. The maximum Gasteiger partial charge on any atom is 0.335 e. The number of nitrogens with zero attached hydrogens (tertiary/aromatic N) is 1. The number of halogens is 1. The van der Waals surface area contributed by atoms with Crippen LogP contribution in [0.2, 0.25) is 5.02 Å². The standard InChI is InChI=1S/C18H20ClN3O4S/c1-3-10-20-27(25,26)15-7-4-13(5-8-15)12(2)21-22-17-11-14(18(23)24)6-9-16(17)19/h4-9,11,20,22H,3,10H2,1-2H3,(H,23,24)/b21-12-. The second kappa shape index (κ2) is 8.98. The third-order valence-electron chi connectivity index (χ3n) is 3.68. The van der Waals surface area contributed by atoms with Gasteiger partial charge in [0.15, 0.2) is 0 Å².